The zero-order chi connectivity index (χ0) is 22.1. The molecule has 2 aromatic rings. The number of nitrogen functional groups attached to an aromatic ring is 1. The van der Waals surface area contributed by atoms with E-state index in [2.05, 4.69) is 10.2 Å². The molecule has 0 aliphatic carbocycles. The molecule has 0 aliphatic rings. The molecule has 0 bridgehead atoms. The summed E-state index contributed by atoms with van der Waals surface area (Å²) in [6.45, 7) is 4.31. The summed E-state index contributed by atoms with van der Waals surface area (Å²) in [5, 5.41) is 22.4. The number of amidine groups is 1. The van der Waals surface area contributed by atoms with Crippen molar-refractivity contribution in [2.45, 2.75) is 19.5 Å². The summed E-state index contributed by atoms with van der Waals surface area (Å²) in [5.41, 5.74) is 8.07. The molecule has 0 aromatic heterocycles. The molecule has 31 heavy (non-hydrogen) atoms. The minimum atomic E-state index is -1.25. The van der Waals surface area contributed by atoms with Gasteiger partial charge >= 0.3 is 0 Å². The van der Waals surface area contributed by atoms with Crippen LogP contribution < -0.4 is 20.9 Å². The molecule has 1 unspecified atom stereocenters. The van der Waals surface area contributed by atoms with Crippen LogP contribution in [0.25, 0.3) is 0 Å². The molecule has 8 nitrogen and oxygen atoms in total. The number of hydrogen-bond donors (Lipinski definition) is 3. The van der Waals surface area contributed by atoms with E-state index in [4.69, 9.17) is 20.6 Å². The predicted molar refractivity (Wildman–Crippen MR) is 122 cm³/mol. The van der Waals surface area contributed by atoms with Crippen molar-refractivity contribution in [3.05, 3.63) is 59.2 Å². The van der Waals surface area contributed by atoms with E-state index in [9.17, 15) is 9.90 Å². The van der Waals surface area contributed by atoms with Gasteiger partial charge in [0.15, 0.2) is 0 Å². The Labute approximate surface area is 189 Å². The Hall–Kier alpha value is -2.81. The van der Waals surface area contributed by atoms with Crippen LogP contribution in [0, 0.1) is 5.41 Å². The average molecular weight is 450 g/mol. The first-order valence-corrected chi connectivity index (χ1v) is 9.70. The van der Waals surface area contributed by atoms with Gasteiger partial charge in [-0.15, -0.1) is 12.4 Å². The van der Waals surface area contributed by atoms with Crippen molar-refractivity contribution in [3.8, 4) is 5.75 Å². The minimum absolute atomic E-state index is 0. The second-order valence-electron chi connectivity index (χ2n) is 6.96. The van der Waals surface area contributed by atoms with Crippen molar-refractivity contribution in [1.29, 1.82) is 5.41 Å². The van der Waals surface area contributed by atoms with E-state index in [0.717, 1.165) is 12.1 Å². The van der Waals surface area contributed by atoms with Crippen LogP contribution in [0.15, 0.2) is 42.5 Å². The maximum Gasteiger partial charge on any atom is 0.122 e. The van der Waals surface area contributed by atoms with Gasteiger partial charge in [0.2, 0.25) is 0 Å². The van der Waals surface area contributed by atoms with Crippen LogP contribution in [0.2, 0.25) is 0 Å². The maximum absolute atomic E-state index is 11.9. The summed E-state index contributed by atoms with van der Waals surface area (Å²) in [7, 11) is 3.62. The lowest BCUT2D eigenvalue weighted by Gasteiger charge is -2.24. The summed E-state index contributed by atoms with van der Waals surface area (Å²) in [6.07, 6.45) is 0. The smallest absolute Gasteiger partial charge is 0.122 e. The maximum atomic E-state index is 11.9. The number of methoxy groups -OCH3 is 1. The fourth-order valence-electron chi connectivity index (χ4n) is 3.02. The zero-order valence-corrected chi connectivity index (χ0v) is 18.8. The Bertz CT molecular complexity index is 861. The highest BCUT2D eigenvalue weighted by Gasteiger charge is 2.16. The summed E-state index contributed by atoms with van der Waals surface area (Å²) < 4.78 is 10.8. The second-order valence-corrected chi connectivity index (χ2v) is 6.96. The number of ether oxygens (including phenoxy) is 2. The molecule has 2 aromatic carbocycles. The van der Waals surface area contributed by atoms with E-state index >= 15 is 0 Å². The third-order valence-electron chi connectivity index (χ3n) is 4.51. The number of rotatable bonds is 12. The molecule has 0 spiro atoms. The summed E-state index contributed by atoms with van der Waals surface area (Å²) in [5.74, 6) is -0.701. The van der Waals surface area contributed by atoms with Gasteiger partial charge in [0.25, 0.3) is 0 Å². The number of likely N-dealkylation sites (N-methyl/N-ethyl adjacent to an activating group) is 1. The largest absolute Gasteiger partial charge is 0.548 e. The lowest BCUT2D eigenvalue weighted by atomic mass is 10.0. The molecule has 170 valence electrons. The van der Waals surface area contributed by atoms with E-state index < -0.39 is 12.0 Å². The number of carbonyl (C=O) groups excluding carboxylic acids is 1. The van der Waals surface area contributed by atoms with Crippen molar-refractivity contribution >= 4 is 29.9 Å². The van der Waals surface area contributed by atoms with Gasteiger partial charge in [-0.25, -0.2) is 0 Å². The number of nitrogens with one attached hydrogen (secondary N) is 2. The molecule has 0 saturated carbocycles. The molecule has 0 fully saturated rings. The van der Waals surface area contributed by atoms with Gasteiger partial charge in [-0.05, 0) is 61.5 Å². The number of nitrogens with zero attached hydrogens (tertiary/aromatic N) is 1. The summed E-state index contributed by atoms with van der Waals surface area (Å²) >= 11 is 0. The molecule has 4 N–H and O–H groups in total. The van der Waals surface area contributed by atoms with Gasteiger partial charge in [-0.3, -0.25) is 10.3 Å². The van der Waals surface area contributed by atoms with Crippen molar-refractivity contribution < 1.29 is 19.4 Å². The Morgan fingerprint density at radius 1 is 1.26 bits per heavy atom. The standard InChI is InChI=1S/C22H30N4O4.ClH/c1-4-30-19-12-15(14-26(2)9-10-29-3)11-17(13-19)20(22(27)28)25-18-7-5-16(6-8-18)21(23)24;/h5-8,11-13,20,25H,4,9-10,14H2,1-3H3,(H3,23,24)(H,27,28);1H/p-1. The first-order valence-electron chi connectivity index (χ1n) is 9.70. The lowest BCUT2D eigenvalue weighted by molar-refractivity contribution is -0.307. The first kappa shape index (κ1) is 26.2. The monoisotopic (exact) mass is 449 g/mol. The van der Waals surface area contributed by atoms with Crippen LogP contribution in [0.4, 0.5) is 5.69 Å². The van der Waals surface area contributed by atoms with Gasteiger partial charge in [0.05, 0.1) is 25.2 Å². The van der Waals surface area contributed by atoms with E-state index in [0.29, 0.717) is 42.3 Å². The predicted octanol–water partition coefficient (Wildman–Crippen LogP) is 1.77. The highest BCUT2D eigenvalue weighted by molar-refractivity contribution is 5.95. The first-order chi connectivity index (χ1) is 14.3. The van der Waals surface area contributed by atoms with Crippen molar-refractivity contribution in [2.24, 2.45) is 5.73 Å². The van der Waals surface area contributed by atoms with E-state index in [1.807, 2.05) is 26.1 Å². The van der Waals surface area contributed by atoms with Crippen LogP contribution in [-0.2, 0) is 16.1 Å². The van der Waals surface area contributed by atoms with E-state index in [1.165, 1.54) is 0 Å². The average Bonchev–Trinajstić information content (AvgIpc) is 2.70. The fraction of sp³-hybridized carbons (Fsp3) is 0.364. The number of carboxylic acid groups (broad SMARTS) is 1. The lowest BCUT2D eigenvalue weighted by Crippen LogP contribution is -2.34. The summed E-state index contributed by atoms with van der Waals surface area (Å²) in [6, 6.07) is 11.1. The topological polar surface area (TPSA) is 124 Å². The third-order valence-corrected chi connectivity index (χ3v) is 4.51. The number of anilines is 1. The summed E-state index contributed by atoms with van der Waals surface area (Å²) in [4.78, 5) is 14.0. The molecule has 9 heteroatoms. The number of benzene rings is 2. The normalized spacial score (nSPS) is 11.5. The Balaban J connectivity index is 0.00000480. The highest BCUT2D eigenvalue weighted by atomic mass is 35.5. The van der Waals surface area contributed by atoms with E-state index in [1.54, 1.807) is 37.4 Å². The molecule has 2 rings (SSSR count). The van der Waals surface area contributed by atoms with Crippen molar-refractivity contribution in [2.75, 3.05) is 39.2 Å². The minimum Gasteiger partial charge on any atom is -0.548 e. The van der Waals surface area contributed by atoms with Gasteiger partial charge < -0.3 is 30.4 Å². The molecular weight excluding hydrogens is 420 g/mol. The number of nitrogens with two attached hydrogens (primary N) is 1. The number of aliphatic carboxylic acids is 1. The number of halogens is 1. The Morgan fingerprint density at radius 2 is 1.94 bits per heavy atom. The number of hydrogen-bond acceptors (Lipinski definition) is 7. The second kappa shape index (κ2) is 12.8. The van der Waals surface area contributed by atoms with Crippen LogP contribution in [0.1, 0.15) is 29.7 Å². The van der Waals surface area contributed by atoms with Crippen LogP contribution in [0.5, 0.6) is 5.75 Å². The Morgan fingerprint density at radius 3 is 2.48 bits per heavy atom. The van der Waals surface area contributed by atoms with Crippen molar-refractivity contribution in [1.82, 2.24) is 4.90 Å². The van der Waals surface area contributed by atoms with Crippen molar-refractivity contribution in [3.63, 3.8) is 0 Å². The van der Waals surface area contributed by atoms with E-state index in [-0.39, 0.29) is 18.2 Å². The molecule has 0 aliphatic heterocycles. The van der Waals surface area contributed by atoms with Crippen LogP contribution >= 0.6 is 12.4 Å². The molecule has 0 amide bonds. The molecular formula is C22H30ClN4O4-. The quantitative estimate of drug-likeness (QED) is 0.333. The zero-order valence-electron chi connectivity index (χ0n) is 18.0. The highest BCUT2D eigenvalue weighted by Crippen LogP contribution is 2.26. The third kappa shape index (κ3) is 8.09. The molecule has 1 atom stereocenters. The van der Waals surface area contributed by atoms with Gasteiger partial charge in [0, 0.05) is 31.5 Å². The Kier molecular flexibility index (Phi) is 10.8. The van der Waals surface area contributed by atoms with Crippen LogP contribution in [0.3, 0.4) is 0 Å². The molecule has 0 saturated heterocycles. The van der Waals surface area contributed by atoms with Gasteiger partial charge in [0.1, 0.15) is 11.6 Å². The fourth-order valence-corrected chi connectivity index (χ4v) is 3.02. The van der Waals surface area contributed by atoms with Crippen LogP contribution in [-0.4, -0.2) is 50.6 Å². The molecule has 0 heterocycles. The molecule has 0 radical (unpaired) electrons. The SMILES string of the molecule is CCOc1cc(CN(C)CCOC)cc(C(Nc2ccc(C(=N)N)cc2)C(=O)[O-])c1.Cl. The van der Waals surface area contributed by atoms with Gasteiger partial charge in [-0.2, -0.15) is 0 Å². The number of carbonyl (C=O) groups is 1. The van der Waals surface area contributed by atoms with Gasteiger partial charge in [-0.1, -0.05) is 6.07 Å². The number of carboxylic acids is 1.